The first-order chi connectivity index (χ1) is 17.4. The maximum absolute atomic E-state index is 13.0. The number of fused-ring (bicyclic) bond motifs is 1. The van der Waals surface area contributed by atoms with E-state index in [2.05, 4.69) is 15.4 Å². The van der Waals surface area contributed by atoms with Crippen molar-refractivity contribution in [2.45, 2.75) is 22.3 Å². The zero-order valence-corrected chi connectivity index (χ0v) is 20.1. The molecule has 9 nitrogen and oxygen atoms in total. The Balaban J connectivity index is 1.76. The van der Waals surface area contributed by atoms with Crippen LogP contribution in [0.25, 0.3) is 23.1 Å². The number of nitrogens with zero attached hydrogens (tertiary/aromatic N) is 3. The number of carbonyl (C=O) groups is 3. The number of carbonyl (C=O) groups excluding carboxylic acids is 2. The first-order valence-corrected chi connectivity index (χ1v) is 11.8. The van der Waals surface area contributed by atoms with Gasteiger partial charge in [0.15, 0.2) is 0 Å². The molecule has 0 aliphatic carbocycles. The van der Waals surface area contributed by atoms with Gasteiger partial charge in [-0.25, -0.2) is 0 Å². The molecule has 0 spiro atoms. The van der Waals surface area contributed by atoms with Crippen LogP contribution in [0.5, 0.6) is 0 Å². The summed E-state index contributed by atoms with van der Waals surface area (Å²) in [6, 6.07) is 16.9. The van der Waals surface area contributed by atoms with Crippen LogP contribution in [0.1, 0.15) is 33.0 Å². The quantitative estimate of drug-likeness (QED) is 0.333. The third kappa shape index (κ3) is 5.51. The summed E-state index contributed by atoms with van der Waals surface area (Å²) in [6.45, 7) is 0. The molecule has 36 heavy (non-hydrogen) atoms. The van der Waals surface area contributed by atoms with Crippen LogP contribution in [0.15, 0.2) is 76.7 Å². The van der Waals surface area contributed by atoms with E-state index in [-0.39, 0.29) is 5.91 Å². The lowest BCUT2D eigenvalue weighted by Crippen LogP contribution is -2.34. The zero-order valence-electron chi connectivity index (χ0n) is 19.3. The number of hydrogen-bond acceptors (Lipinski definition) is 7. The van der Waals surface area contributed by atoms with E-state index < -0.39 is 24.3 Å². The van der Waals surface area contributed by atoms with Crippen LogP contribution in [-0.4, -0.2) is 50.7 Å². The average molecular weight is 502 g/mol. The molecule has 0 saturated heterocycles. The first-order valence-electron chi connectivity index (χ1n) is 11.0. The molecule has 4 rings (SSSR count). The van der Waals surface area contributed by atoms with Crippen LogP contribution in [0.3, 0.4) is 0 Å². The molecule has 4 aromatic rings. The smallest absolute Gasteiger partial charge is 0.321 e. The summed E-state index contributed by atoms with van der Waals surface area (Å²) in [5.74, 6) is -2.01. The highest BCUT2D eigenvalue weighted by Gasteiger charge is 2.21. The lowest BCUT2D eigenvalue weighted by Gasteiger charge is -2.09. The second-order valence-corrected chi connectivity index (χ2v) is 8.90. The average Bonchev–Trinajstić information content (AvgIpc) is 3.25. The molecule has 0 bridgehead atoms. The van der Waals surface area contributed by atoms with Crippen LogP contribution in [-0.2, 0) is 4.79 Å². The van der Waals surface area contributed by atoms with Gasteiger partial charge in [-0.1, -0.05) is 30.0 Å². The van der Waals surface area contributed by atoms with E-state index in [1.807, 2.05) is 42.5 Å². The molecule has 0 saturated carbocycles. The highest BCUT2D eigenvalue weighted by Crippen LogP contribution is 2.33. The van der Waals surface area contributed by atoms with Crippen LogP contribution in [0.2, 0.25) is 0 Å². The van der Waals surface area contributed by atoms with Crippen molar-refractivity contribution in [3.05, 3.63) is 83.8 Å². The summed E-state index contributed by atoms with van der Waals surface area (Å²) < 4.78 is 1.19. The van der Waals surface area contributed by atoms with Crippen molar-refractivity contribution in [3.8, 4) is 0 Å². The largest absolute Gasteiger partial charge is 0.480 e. The van der Waals surface area contributed by atoms with Crippen LogP contribution >= 0.6 is 11.8 Å². The van der Waals surface area contributed by atoms with E-state index in [1.54, 1.807) is 43.6 Å². The predicted molar refractivity (Wildman–Crippen MR) is 138 cm³/mol. The minimum Gasteiger partial charge on any atom is -0.480 e. The molecule has 1 amide bonds. The van der Waals surface area contributed by atoms with Gasteiger partial charge in [0, 0.05) is 28.4 Å². The Labute approximate surface area is 211 Å². The molecular formula is C26H23N5O4S. The van der Waals surface area contributed by atoms with E-state index >= 15 is 0 Å². The fourth-order valence-corrected chi connectivity index (χ4v) is 4.48. The molecule has 10 heteroatoms. The van der Waals surface area contributed by atoms with Crippen molar-refractivity contribution in [1.82, 2.24) is 20.1 Å². The third-order valence-electron chi connectivity index (χ3n) is 5.32. The minimum atomic E-state index is -1.35. The number of nitrogens with one attached hydrogen (secondary N) is 1. The number of aromatic nitrogens is 3. The van der Waals surface area contributed by atoms with E-state index in [9.17, 15) is 14.4 Å². The van der Waals surface area contributed by atoms with E-state index in [0.29, 0.717) is 22.2 Å². The molecule has 2 aromatic heterocycles. The van der Waals surface area contributed by atoms with Gasteiger partial charge in [0.1, 0.15) is 6.04 Å². The number of carboxylic acids is 1. The lowest BCUT2D eigenvalue weighted by atomic mass is 10.2. The third-order valence-corrected chi connectivity index (χ3v) is 6.38. The summed E-state index contributed by atoms with van der Waals surface area (Å²) in [5, 5.41) is 16.9. The molecule has 1 atom stereocenters. The van der Waals surface area contributed by atoms with Crippen LogP contribution in [0, 0.1) is 0 Å². The molecule has 0 aliphatic heterocycles. The van der Waals surface area contributed by atoms with Crippen molar-refractivity contribution < 1.29 is 19.5 Å². The highest BCUT2D eigenvalue weighted by atomic mass is 32.2. The highest BCUT2D eigenvalue weighted by molar-refractivity contribution is 7.99. The van der Waals surface area contributed by atoms with E-state index in [1.165, 1.54) is 16.4 Å². The van der Waals surface area contributed by atoms with Crippen molar-refractivity contribution >= 4 is 52.6 Å². The Hall–Kier alpha value is -4.28. The van der Waals surface area contributed by atoms with Crippen molar-refractivity contribution in [1.29, 1.82) is 0 Å². The Morgan fingerprint density at radius 1 is 1.11 bits per heavy atom. The monoisotopic (exact) mass is 501 g/mol. The second kappa shape index (κ2) is 11.0. The topological polar surface area (TPSA) is 140 Å². The molecule has 4 N–H and O–H groups in total. The van der Waals surface area contributed by atoms with Gasteiger partial charge >= 0.3 is 5.97 Å². The fourth-order valence-electron chi connectivity index (χ4n) is 3.50. The van der Waals surface area contributed by atoms with E-state index in [4.69, 9.17) is 10.8 Å². The maximum Gasteiger partial charge on any atom is 0.321 e. The Morgan fingerprint density at radius 2 is 1.89 bits per heavy atom. The Morgan fingerprint density at radius 3 is 2.61 bits per heavy atom. The fraction of sp³-hybridized carbons (Fsp3) is 0.115. The summed E-state index contributed by atoms with van der Waals surface area (Å²) in [4.78, 5) is 42.2. The van der Waals surface area contributed by atoms with Gasteiger partial charge in [-0.2, -0.15) is 9.78 Å². The van der Waals surface area contributed by atoms with Gasteiger partial charge in [-0.15, -0.1) is 0 Å². The first kappa shape index (κ1) is 24.8. The second-order valence-electron chi connectivity index (χ2n) is 7.78. The van der Waals surface area contributed by atoms with Crippen molar-refractivity contribution in [2.24, 2.45) is 5.73 Å². The number of aliphatic carboxylic acids is 1. The normalized spacial score (nSPS) is 12.1. The number of pyridine rings is 1. The van der Waals surface area contributed by atoms with Crippen molar-refractivity contribution in [3.63, 3.8) is 0 Å². The van der Waals surface area contributed by atoms with Gasteiger partial charge < -0.3 is 16.2 Å². The Kier molecular flexibility index (Phi) is 7.57. The molecule has 182 valence electrons. The van der Waals surface area contributed by atoms with Gasteiger partial charge in [0.05, 0.1) is 28.9 Å². The lowest BCUT2D eigenvalue weighted by molar-refractivity contribution is -0.138. The molecular weight excluding hydrogens is 478 g/mol. The minimum absolute atomic E-state index is 0.205. The number of hydrogen-bond donors (Lipinski definition) is 3. The number of amides is 1. The van der Waals surface area contributed by atoms with Gasteiger partial charge in [-0.3, -0.25) is 19.4 Å². The Bertz CT molecular complexity index is 1470. The van der Waals surface area contributed by atoms with E-state index in [0.717, 1.165) is 15.5 Å². The summed E-state index contributed by atoms with van der Waals surface area (Å²) in [5.41, 5.74) is 7.88. The summed E-state index contributed by atoms with van der Waals surface area (Å²) in [6.07, 6.45) is 4.79. The van der Waals surface area contributed by atoms with Crippen molar-refractivity contribution in [2.75, 3.05) is 7.05 Å². The maximum atomic E-state index is 13.0. The molecule has 0 fully saturated rings. The summed E-state index contributed by atoms with van der Waals surface area (Å²) in [7, 11) is 1.57. The van der Waals surface area contributed by atoms with Gasteiger partial charge in [0.2, 0.25) is 5.91 Å². The van der Waals surface area contributed by atoms with Crippen LogP contribution < -0.4 is 11.1 Å². The molecule has 2 heterocycles. The molecule has 0 radical (unpaired) electrons. The summed E-state index contributed by atoms with van der Waals surface area (Å²) >= 11 is 1.37. The van der Waals surface area contributed by atoms with Gasteiger partial charge in [0.25, 0.3) is 5.91 Å². The predicted octanol–water partition coefficient (Wildman–Crippen LogP) is 3.55. The SMILES string of the molecule is CNC(=O)c1ccccc1Sc1ccc2c(/C=C/c3ccccn3)nn(C(=O)C[C@H](N)C(=O)O)c2c1. The zero-order chi connectivity index (χ0) is 25.7. The standard InChI is InChI=1S/C26H23N5O4S/c1-28-25(33)19-7-2-3-8-23(19)36-17-10-11-18-21(12-9-16-6-4-5-13-29-16)30-31(22(18)14-17)24(32)15-20(27)26(34)35/h2-14,20H,15,27H2,1H3,(H,28,33)(H,34,35)/b12-9+/t20-/m0/s1. The molecule has 0 aliphatic rings. The number of nitrogens with two attached hydrogens (primary N) is 1. The number of carboxylic acid groups (broad SMARTS) is 1. The molecule has 2 aromatic carbocycles. The number of rotatable bonds is 8. The molecule has 0 unspecified atom stereocenters. The van der Waals surface area contributed by atoms with Crippen LogP contribution in [0.4, 0.5) is 0 Å². The number of benzene rings is 2. The van der Waals surface area contributed by atoms with Gasteiger partial charge in [-0.05, 0) is 54.6 Å².